The SMILES string of the molecule is C[C@H](Oc1ccc(Cl)cc1Cl)C(=O)N[C@@H]1CCOc2ccccc21. The molecule has 0 spiro atoms. The largest absolute Gasteiger partial charge is 0.493 e. The van der Waals surface area contributed by atoms with E-state index in [0.29, 0.717) is 22.4 Å². The molecule has 0 aliphatic carbocycles. The van der Waals surface area contributed by atoms with Crippen LogP contribution in [-0.4, -0.2) is 18.6 Å². The van der Waals surface area contributed by atoms with Crippen LogP contribution in [0, 0.1) is 0 Å². The van der Waals surface area contributed by atoms with Gasteiger partial charge in [0.15, 0.2) is 6.10 Å². The zero-order valence-electron chi connectivity index (χ0n) is 13.1. The molecule has 126 valence electrons. The Morgan fingerprint density at radius 1 is 1.29 bits per heavy atom. The molecule has 0 fully saturated rings. The molecule has 1 amide bonds. The van der Waals surface area contributed by atoms with Crippen LogP contribution in [-0.2, 0) is 4.79 Å². The number of hydrogen-bond acceptors (Lipinski definition) is 3. The topological polar surface area (TPSA) is 47.6 Å². The minimum atomic E-state index is -0.682. The van der Waals surface area contributed by atoms with Crippen molar-refractivity contribution in [3.8, 4) is 11.5 Å². The molecular weight excluding hydrogens is 349 g/mol. The lowest BCUT2D eigenvalue weighted by Gasteiger charge is -2.27. The lowest BCUT2D eigenvalue weighted by molar-refractivity contribution is -0.128. The Kier molecular flexibility index (Phi) is 5.17. The fraction of sp³-hybridized carbons (Fsp3) is 0.278. The highest BCUT2D eigenvalue weighted by Gasteiger charge is 2.25. The van der Waals surface area contributed by atoms with E-state index in [1.54, 1.807) is 25.1 Å². The molecule has 0 radical (unpaired) electrons. The summed E-state index contributed by atoms with van der Waals surface area (Å²) in [4.78, 5) is 12.5. The Hall–Kier alpha value is -1.91. The molecule has 1 N–H and O–H groups in total. The third-order valence-corrected chi connectivity index (χ3v) is 4.37. The quantitative estimate of drug-likeness (QED) is 0.873. The number of ether oxygens (including phenoxy) is 2. The first-order valence-corrected chi connectivity index (χ1v) is 8.44. The van der Waals surface area contributed by atoms with Gasteiger partial charge < -0.3 is 14.8 Å². The van der Waals surface area contributed by atoms with Crippen molar-refractivity contribution >= 4 is 29.1 Å². The number of rotatable bonds is 4. The number of fused-ring (bicyclic) bond motifs is 1. The van der Waals surface area contributed by atoms with Crippen molar-refractivity contribution in [2.24, 2.45) is 0 Å². The summed E-state index contributed by atoms with van der Waals surface area (Å²) in [5, 5.41) is 3.90. The molecule has 24 heavy (non-hydrogen) atoms. The van der Waals surface area contributed by atoms with E-state index in [4.69, 9.17) is 32.7 Å². The molecule has 0 saturated carbocycles. The summed E-state index contributed by atoms with van der Waals surface area (Å²) in [5.41, 5.74) is 0.980. The molecular formula is C18H17Cl2NO3. The summed E-state index contributed by atoms with van der Waals surface area (Å²) in [6.45, 7) is 2.26. The van der Waals surface area contributed by atoms with Crippen molar-refractivity contribution in [2.45, 2.75) is 25.5 Å². The van der Waals surface area contributed by atoms with Gasteiger partial charge >= 0.3 is 0 Å². The van der Waals surface area contributed by atoms with Gasteiger partial charge in [-0.15, -0.1) is 0 Å². The van der Waals surface area contributed by atoms with Gasteiger partial charge in [0.2, 0.25) is 0 Å². The summed E-state index contributed by atoms with van der Waals surface area (Å²) < 4.78 is 11.3. The first kappa shape index (κ1) is 16.9. The van der Waals surface area contributed by atoms with Crippen molar-refractivity contribution in [3.63, 3.8) is 0 Å². The zero-order chi connectivity index (χ0) is 17.1. The number of halogens is 2. The number of para-hydroxylation sites is 1. The Bertz CT molecular complexity index is 751. The van der Waals surface area contributed by atoms with E-state index in [2.05, 4.69) is 5.32 Å². The number of carbonyl (C=O) groups excluding carboxylic acids is 1. The second kappa shape index (κ2) is 7.32. The van der Waals surface area contributed by atoms with Crippen molar-refractivity contribution < 1.29 is 14.3 Å². The average Bonchev–Trinajstić information content (AvgIpc) is 2.57. The summed E-state index contributed by atoms with van der Waals surface area (Å²) >= 11 is 11.9. The standard InChI is InChI=1S/C18H17Cl2NO3/c1-11(24-17-7-6-12(19)10-14(17)20)18(22)21-15-8-9-23-16-5-3-2-4-13(15)16/h2-7,10-11,15H,8-9H2,1H3,(H,21,22)/t11-,15+/m0/s1. The monoisotopic (exact) mass is 365 g/mol. The zero-order valence-corrected chi connectivity index (χ0v) is 14.6. The molecule has 1 aliphatic rings. The lowest BCUT2D eigenvalue weighted by Crippen LogP contribution is -2.40. The number of benzene rings is 2. The molecule has 2 aromatic rings. The van der Waals surface area contributed by atoms with Crippen LogP contribution in [0.2, 0.25) is 10.0 Å². The smallest absolute Gasteiger partial charge is 0.261 e. The third-order valence-electron chi connectivity index (χ3n) is 3.84. The van der Waals surface area contributed by atoms with Gasteiger partial charge in [-0.25, -0.2) is 0 Å². The van der Waals surface area contributed by atoms with Gasteiger partial charge in [-0.1, -0.05) is 41.4 Å². The van der Waals surface area contributed by atoms with Crippen LogP contribution in [0.15, 0.2) is 42.5 Å². The fourth-order valence-electron chi connectivity index (χ4n) is 2.60. The highest BCUT2D eigenvalue weighted by atomic mass is 35.5. The number of nitrogens with one attached hydrogen (secondary N) is 1. The van der Waals surface area contributed by atoms with Crippen LogP contribution < -0.4 is 14.8 Å². The lowest BCUT2D eigenvalue weighted by atomic mass is 10.0. The van der Waals surface area contributed by atoms with Gasteiger partial charge in [-0.3, -0.25) is 4.79 Å². The third kappa shape index (κ3) is 3.77. The van der Waals surface area contributed by atoms with Gasteiger partial charge in [-0.2, -0.15) is 0 Å². The molecule has 4 nitrogen and oxygen atoms in total. The van der Waals surface area contributed by atoms with Crippen LogP contribution in [0.3, 0.4) is 0 Å². The maximum atomic E-state index is 12.5. The Labute approximate surface area is 150 Å². The summed E-state index contributed by atoms with van der Waals surface area (Å²) in [5.74, 6) is 1.03. The maximum Gasteiger partial charge on any atom is 0.261 e. The number of carbonyl (C=O) groups is 1. The molecule has 2 atom stereocenters. The van der Waals surface area contributed by atoms with E-state index < -0.39 is 6.10 Å². The highest BCUT2D eigenvalue weighted by Crippen LogP contribution is 2.32. The van der Waals surface area contributed by atoms with E-state index >= 15 is 0 Å². The predicted molar refractivity (Wildman–Crippen MR) is 94.0 cm³/mol. The van der Waals surface area contributed by atoms with Crippen LogP contribution in [0.1, 0.15) is 24.9 Å². The van der Waals surface area contributed by atoms with E-state index in [9.17, 15) is 4.79 Å². The Morgan fingerprint density at radius 3 is 2.88 bits per heavy atom. The van der Waals surface area contributed by atoms with E-state index in [0.717, 1.165) is 17.7 Å². The molecule has 6 heteroatoms. The second-order valence-corrected chi connectivity index (χ2v) is 6.41. The summed E-state index contributed by atoms with van der Waals surface area (Å²) in [7, 11) is 0. The van der Waals surface area contributed by atoms with Gasteiger partial charge in [0, 0.05) is 17.0 Å². The molecule has 0 saturated heterocycles. The predicted octanol–water partition coefficient (Wildman–Crippen LogP) is 4.40. The number of hydrogen-bond donors (Lipinski definition) is 1. The van der Waals surface area contributed by atoms with Gasteiger partial charge in [0.25, 0.3) is 5.91 Å². The van der Waals surface area contributed by atoms with Crippen LogP contribution >= 0.6 is 23.2 Å². The van der Waals surface area contributed by atoms with Gasteiger partial charge in [0.05, 0.1) is 17.7 Å². The van der Waals surface area contributed by atoms with Crippen molar-refractivity contribution in [1.29, 1.82) is 0 Å². The molecule has 0 unspecified atom stereocenters. The average molecular weight is 366 g/mol. The minimum Gasteiger partial charge on any atom is -0.493 e. The Balaban J connectivity index is 1.67. The van der Waals surface area contributed by atoms with Crippen molar-refractivity contribution in [3.05, 3.63) is 58.1 Å². The molecule has 0 bridgehead atoms. The molecule has 1 aliphatic heterocycles. The fourth-order valence-corrected chi connectivity index (χ4v) is 3.05. The first-order chi connectivity index (χ1) is 11.5. The first-order valence-electron chi connectivity index (χ1n) is 7.68. The van der Waals surface area contributed by atoms with Crippen LogP contribution in [0.5, 0.6) is 11.5 Å². The second-order valence-electron chi connectivity index (χ2n) is 5.57. The Morgan fingerprint density at radius 2 is 2.08 bits per heavy atom. The van der Waals surface area contributed by atoms with Gasteiger partial charge in [0.1, 0.15) is 11.5 Å². The van der Waals surface area contributed by atoms with Crippen molar-refractivity contribution in [2.75, 3.05) is 6.61 Å². The van der Waals surface area contributed by atoms with E-state index in [-0.39, 0.29) is 11.9 Å². The van der Waals surface area contributed by atoms with Crippen molar-refractivity contribution in [1.82, 2.24) is 5.32 Å². The molecule has 2 aromatic carbocycles. The van der Waals surface area contributed by atoms with Gasteiger partial charge in [-0.05, 0) is 31.2 Å². The normalized spacial score (nSPS) is 17.4. The summed E-state index contributed by atoms with van der Waals surface area (Å²) in [6.07, 6.45) is 0.0376. The summed E-state index contributed by atoms with van der Waals surface area (Å²) in [6, 6.07) is 12.5. The van der Waals surface area contributed by atoms with Crippen LogP contribution in [0.4, 0.5) is 0 Å². The van der Waals surface area contributed by atoms with Crippen LogP contribution in [0.25, 0.3) is 0 Å². The van der Waals surface area contributed by atoms with E-state index in [1.807, 2.05) is 24.3 Å². The minimum absolute atomic E-state index is 0.0887. The number of amides is 1. The highest BCUT2D eigenvalue weighted by molar-refractivity contribution is 6.35. The molecule has 1 heterocycles. The maximum absolute atomic E-state index is 12.5. The molecule has 0 aromatic heterocycles. The van der Waals surface area contributed by atoms with E-state index in [1.165, 1.54) is 0 Å². The molecule has 3 rings (SSSR count).